The summed E-state index contributed by atoms with van der Waals surface area (Å²) in [5.74, 6) is 0.177. The number of nitrogens with one attached hydrogen (secondary N) is 2. The molecule has 2 fully saturated rings. The predicted octanol–water partition coefficient (Wildman–Crippen LogP) is 4.71. The smallest absolute Gasteiger partial charge is 0.317 e. The van der Waals surface area contributed by atoms with E-state index in [0.717, 1.165) is 31.5 Å². The Balaban J connectivity index is 1.76. The number of rotatable bonds is 8. The minimum atomic E-state index is -0.0478. The third-order valence-electron chi connectivity index (χ3n) is 7.21. The molecule has 200 valence electrons. The number of hydrogen-bond donors (Lipinski definition) is 2. The maximum absolute atomic E-state index is 13.5. The molecule has 36 heavy (non-hydrogen) atoms. The number of hydrogen-bond acceptors (Lipinski definition) is 4. The lowest BCUT2D eigenvalue weighted by Crippen LogP contribution is -2.46. The maximum atomic E-state index is 13.5. The van der Waals surface area contributed by atoms with Crippen LogP contribution in [0.25, 0.3) is 0 Å². The van der Waals surface area contributed by atoms with Crippen molar-refractivity contribution in [2.24, 2.45) is 5.92 Å². The third kappa shape index (κ3) is 7.61. The first-order chi connectivity index (χ1) is 17.3. The van der Waals surface area contributed by atoms with Crippen molar-refractivity contribution in [2.75, 3.05) is 49.5 Å². The summed E-state index contributed by atoms with van der Waals surface area (Å²) in [5.41, 5.74) is 2.10. The normalized spacial score (nSPS) is 17.0. The Kier molecular flexibility index (Phi) is 10.4. The second kappa shape index (κ2) is 13.5. The number of urea groups is 1. The van der Waals surface area contributed by atoms with Crippen LogP contribution in [0.15, 0.2) is 18.2 Å². The highest BCUT2D eigenvalue weighted by molar-refractivity contribution is 6.02. The average molecular weight is 500 g/mol. The largest absolute Gasteiger partial charge is 0.369 e. The van der Waals surface area contributed by atoms with Crippen LogP contribution >= 0.6 is 0 Å². The van der Waals surface area contributed by atoms with Crippen LogP contribution in [0.5, 0.6) is 0 Å². The lowest BCUT2D eigenvalue weighted by Gasteiger charge is -2.29. The minimum Gasteiger partial charge on any atom is -0.369 e. The fourth-order valence-corrected chi connectivity index (χ4v) is 5.20. The molecule has 1 saturated carbocycles. The van der Waals surface area contributed by atoms with Crippen LogP contribution < -0.4 is 15.5 Å². The fraction of sp³-hybridized carbons (Fsp3) is 0.679. The molecule has 1 aliphatic heterocycles. The number of anilines is 2. The standard InChI is InChI=1S/C28H45N5O3/c1-5-31(6-2)27(35)24-20-23(29-26(34)19-21(3)4)13-14-25(24)32-15-10-16-33(18-17-32)28(36)30-22-11-8-7-9-12-22/h13-14,20-22H,5-12,15-19H2,1-4H3,(H,29,34)(H,30,36). The van der Waals surface area contributed by atoms with Crippen molar-refractivity contribution >= 4 is 29.2 Å². The van der Waals surface area contributed by atoms with E-state index < -0.39 is 0 Å². The van der Waals surface area contributed by atoms with Gasteiger partial charge in [-0.1, -0.05) is 33.1 Å². The molecule has 0 spiro atoms. The molecule has 0 bridgehead atoms. The first kappa shape index (κ1) is 27.8. The molecule has 0 atom stereocenters. The summed E-state index contributed by atoms with van der Waals surface area (Å²) in [6.45, 7) is 12.0. The van der Waals surface area contributed by atoms with Crippen molar-refractivity contribution in [3.63, 3.8) is 0 Å². The first-order valence-corrected chi connectivity index (χ1v) is 13.9. The topological polar surface area (TPSA) is 85.0 Å². The van der Waals surface area contributed by atoms with Crippen LogP contribution in [-0.2, 0) is 4.79 Å². The number of benzene rings is 1. The number of carbonyl (C=O) groups excluding carboxylic acids is 3. The Morgan fingerprint density at radius 2 is 1.69 bits per heavy atom. The quantitative estimate of drug-likeness (QED) is 0.543. The molecule has 0 aromatic heterocycles. The molecule has 8 nitrogen and oxygen atoms in total. The first-order valence-electron chi connectivity index (χ1n) is 13.9. The second-order valence-electron chi connectivity index (χ2n) is 10.5. The summed E-state index contributed by atoms with van der Waals surface area (Å²) >= 11 is 0. The van der Waals surface area contributed by atoms with Gasteiger partial charge in [0.15, 0.2) is 0 Å². The molecule has 3 rings (SSSR count). The molecule has 1 heterocycles. The van der Waals surface area contributed by atoms with E-state index in [9.17, 15) is 14.4 Å². The molecule has 1 aliphatic carbocycles. The molecular weight excluding hydrogens is 454 g/mol. The van der Waals surface area contributed by atoms with Gasteiger partial charge < -0.3 is 25.3 Å². The zero-order valence-electron chi connectivity index (χ0n) is 22.6. The van der Waals surface area contributed by atoms with E-state index in [2.05, 4.69) is 15.5 Å². The van der Waals surface area contributed by atoms with E-state index in [1.165, 1.54) is 19.3 Å². The van der Waals surface area contributed by atoms with Gasteiger partial charge in [-0.3, -0.25) is 9.59 Å². The predicted molar refractivity (Wildman–Crippen MR) is 146 cm³/mol. The van der Waals surface area contributed by atoms with Gasteiger partial charge in [-0.15, -0.1) is 0 Å². The van der Waals surface area contributed by atoms with Crippen molar-refractivity contribution in [3.05, 3.63) is 23.8 Å². The van der Waals surface area contributed by atoms with E-state index >= 15 is 0 Å². The Morgan fingerprint density at radius 1 is 0.972 bits per heavy atom. The van der Waals surface area contributed by atoms with E-state index in [-0.39, 0.29) is 23.8 Å². The van der Waals surface area contributed by atoms with Crippen LogP contribution in [0.2, 0.25) is 0 Å². The Labute approximate surface area is 216 Å². The van der Waals surface area contributed by atoms with Gasteiger partial charge in [0.1, 0.15) is 0 Å². The van der Waals surface area contributed by atoms with E-state index in [1.54, 1.807) is 4.90 Å². The van der Waals surface area contributed by atoms with Gasteiger partial charge in [-0.05, 0) is 57.2 Å². The van der Waals surface area contributed by atoms with E-state index in [0.29, 0.717) is 56.4 Å². The summed E-state index contributed by atoms with van der Waals surface area (Å²) in [7, 11) is 0. The molecule has 4 amide bonds. The molecular formula is C28H45N5O3. The molecule has 1 aromatic carbocycles. The van der Waals surface area contributed by atoms with E-state index in [1.807, 2.05) is 50.8 Å². The summed E-state index contributed by atoms with van der Waals surface area (Å²) in [4.78, 5) is 44.7. The van der Waals surface area contributed by atoms with Gasteiger partial charge in [0.25, 0.3) is 5.91 Å². The van der Waals surface area contributed by atoms with Crippen molar-refractivity contribution in [2.45, 2.75) is 78.7 Å². The molecule has 2 N–H and O–H groups in total. The summed E-state index contributed by atoms with van der Waals surface area (Å²) in [6, 6.07) is 5.96. The third-order valence-corrected chi connectivity index (χ3v) is 7.21. The Hall–Kier alpha value is -2.77. The van der Waals surface area contributed by atoms with Crippen LogP contribution in [0.1, 0.15) is 83.0 Å². The molecule has 2 aliphatic rings. The van der Waals surface area contributed by atoms with Gasteiger partial charge in [0.2, 0.25) is 5.91 Å². The van der Waals surface area contributed by atoms with Gasteiger partial charge in [-0.25, -0.2) is 4.79 Å². The molecule has 0 unspecified atom stereocenters. The zero-order valence-corrected chi connectivity index (χ0v) is 22.6. The summed E-state index contributed by atoms with van der Waals surface area (Å²) in [6.07, 6.45) is 7.06. The van der Waals surface area contributed by atoms with Crippen molar-refractivity contribution in [1.82, 2.24) is 15.1 Å². The molecule has 1 saturated heterocycles. The van der Waals surface area contributed by atoms with Gasteiger partial charge in [0.05, 0.1) is 5.56 Å². The van der Waals surface area contributed by atoms with Crippen molar-refractivity contribution in [3.8, 4) is 0 Å². The minimum absolute atomic E-state index is 0.0337. The Bertz CT molecular complexity index is 893. The highest BCUT2D eigenvalue weighted by atomic mass is 16.2. The van der Waals surface area contributed by atoms with Crippen molar-refractivity contribution in [1.29, 1.82) is 0 Å². The molecule has 1 aromatic rings. The molecule has 8 heteroatoms. The Morgan fingerprint density at radius 3 is 2.36 bits per heavy atom. The lowest BCUT2D eigenvalue weighted by atomic mass is 9.96. The monoisotopic (exact) mass is 499 g/mol. The highest BCUT2D eigenvalue weighted by Crippen LogP contribution is 2.28. The number of nitrogens with zero attached hydrogens (tertiary/aromatic N) is 3. The maximum Gasteiger partial charge on any atom is 0.317 e. The van der Waals surface area contributed by atoms with Crippen LogP contribution in [0, 0.1) is 5.92 Å². The fourth-order valence-electron chi connectivity index (χ4n) is 5.20. The zero-order chi connectivity index (χ0) is 26.1. The second-order valence-corrected chi connectivity index (χ2v) is 10.5. The van der Waals surface area contributed by atoms with E-state index in [4.69, 9.17) is 0 Å². The SMILES string of the molecule is CCN(CC)C(=O)c1cc(NC(=O)CC(C)C)ccc1N1CCCN(C(=O)NC2CCCCC2)CC1. The highest BCUT2D eigenvalue weighted by Gasteiger charge is 2.26. The average Bonchev–Trinajstić information content (AvgIpc) is 3.11. The summed E-state index contributed by atoms with van der Waals surface area (Å²) < 4.78 is 0. The van der Waals surface area contributed by atoms with Crippen LogP contribution in [0.4, 0.5) is 16.2 Å². The number of amides is 4. The molecule has 0 radical (unpaired) electrons. The van der Waals surface area contributed by atoms with Gasteiger partial charge >= 0.3 is 6.03 Å². The number of carbonyl (C=O) groups is 3. The van der Waals surface area contributed by atoms with Gasteiger partial charge in [-0.2, -0.15) is 0 Å². The van der Waals surface area contributed by atoms with Crippen molar-refractivity contribution < 1.29 is 14.4 Å². The lowest BCUT2D eigenvalue weighted by molar-refractivity contribution is -0.116. The van der Waals surface area contributed by atoms with Crippen LogP contribution in [0.3, 0.4) is 0 Å². The van der Waals surface area contributed by atoms with Crippen LogP contribution in [-0.4, -0.2) is 73.0 Å². The van der Waals surface area contributed by atoms with Gasteiger partial charge in [0, 0.05) is 63.1 Å². The summed E-state index contributed by atoms with van der Waals surface area (Å²) in [5, 5.41) is 6.19.